The van der Waals surface area contributed by atoms with Crippen LogP contribution in [-0.4, -0.2) is 18.3 Å². The third-order valence-electron chi connectivity index (χ3n) is 2.01. The van der Waals surface area contributed by atoms with Crippen LogP contribution < -0.4 is 4.74 Å². The molecule has 1 rings (SSSR count). The minimum Gasteiger partial charge on any atom is -0.489 e. The Labute approximate surface area is 91.2 Å². The van der Waals surface area contributed by atoms with Gasteiger partial charge in [0.2, 0.25) is 0 Å². The highest BCUT2D eigenvalue weighted by Crippen LogP contribution is 2.15. The van der Waals surface area contributed by atoms with Crippen molar-refractivity contribution in [1.29, 1.82) is 0 Å². The van der Waals surface area contributed by atoms with Crippen molar-refractivity contribution in [2.45, 2.75) is 19.8 Å². The van der Waals surface area contributed by atoms with E-state index in [2.05, 4.69) is 6.58 Å². The van der Waals surface area contributed by atoms with Crippen LogP contribution in [0.1, 0.15) is 18.9 Å². The maximum Gasteiger partial charge on any atom is 0.120 e. The van der Waals surface area contributed by atoms with Crippen LogP contribution in [0.3, 0.4) is 0 Å². The summed E-state index contributed by atoms with van der Waals surface area (Å²) in [5.41, 5.74) is 2.21. The second-order valence-corrected chi connectivity index (χ2v) is 3.72. The molecule has 0 bridgehead atoms. The van der Waals surface area contributed by atoms with E-state index in [-0.39, 0.29) is 6.61 Å². The Morgan fingerprint density at radius 3 is 2.93 bits per heavy atom. The van der Waals surface area contributed by atoms with Gasteiger partial charge < -0.3 is 9.84 Å². The van der Waals surface area contributed by atoms with Crippen molar-refractivity contribution in [1.82, 2.24) is 0 Å². The number of aryl methyl sites for hydroxylation is 1. The van der Waals surface area contributed by atoms with Crippen molar-refractivity contribution in [3.8, 4) is 5.75 Å². The van der Waals surface area contributed by atoms with Gasteiger partial charge in [-0.3, -0.25) is 0 Å². The first kappa shape index (κ1) is 11.8. The second-order valence-electron chi connectivity index (χ2n) is 3.72. The molecule has 0 aliphatic carbocycles. The van der Waals surface area contributed by atoms with E-state index in [0.29, 0.717) is 6.61 Å². The first-order valence-corrected chi connectivity index (χ1v) is 5.19. The molecule has 0 unspecified atom stereocenters. The van der Waals surface area contributed by atoms with Gasteiger partial charge in [-0.1, -0.05) is 18.7 Å². The molecular formula is C13H18O2. The molecule has 0 radical (unpaired) electrons. The normalized spacial score (nSPS) is 10.0. The molecule has 1 aromatic rings. The number of aliphatic hydroxyl groups excluding tert-OH is 1. The number of aliphatic hydroxyl groups is 1. The fourth-order valence-corrected chi connectivity index (χ4v) is 1.28. The van der Waals surface area contributed by atoms with Gasteiger partial charge in [0.05, 0.1) is 0 Å². The lowest BCUT2D eigenvalue weighted by atomic mass is 10.1. The average molecular weight is 206 g/mol. The zero-order valence-electron chi connectivity index (χ0n) is 9.20. The molecule has 15 heavy (non-hydrogen) atoms. The van der Waals surface area contributed by atoms with Crippen LogP contribution in [0.5, 0.6) is 5.75 Å². The van der Waals surface area contributed by atoms with Gasteiger partial charge in [-0.05, 0) is 43.0 Å². The number of hydrogen-bond donors (Lipinski definition) is 1. The maximum atomic E-state index is 8.73. The van der Waals surface area contributed by atoms with E-state index in [1.54, 1.807) is 0 Å². The Bertz CT molecular complexity index is 318. The molecule has 1 aromatic carbocycles. The number of hydrogen-bond acceptors (Lipinski definition) is 2. The first-order valence-electron chi connectivity index (χ1n) is 5.19. The fraction of sp³-hybridized carbons (Fsp3) is 0.385. The molecule has 0 aliphatic heterocycles. The highest BCUT2D eigenvalue weighted by Gasteiger charge is 1.97. The summed E-state index contributed by atoms with van der Waals surface area (Å²) in [6.45, 7) is 6.52. The van der Waals surface area contributed by atoms with E-state index in [1.165, 1.54) is 5.56 Å². The van der Waals surface area contributed by atoms with E-state index in [4.69, 9.17) is 9.84 Å². The molecule has 0 atom stereocenters. The summed E-state index contributed by atoms with van der Waals surface area (Å²) in [7, 11) is 0. The molecule has 0 aromatic heterocycles. The summed E-state index contributed by atoms with van der Waals surface area (Å²) in [5, 5.41) is 8.73. The highest BCUT2D eigenvalue weighted by atomic mass is 16.5. The molecule has 0 heterocycles. The van der Waals surface area contributed by atoms with Gasteiger partial charge in [0.25, 0.3) is 0 Å². The molecule has 0 amide bonds. The minimum atomic E-state index is 0.233. The SMILES string of the molecule is C=C(C)COc1cccc(CCCO)c1. The van der Waals surface area contributed by atoms with Crippen LogP contribution in [0, 0.1) is 0 Å². The van der Waals surface area contributed by atoms with Gasteiger partial charge in [0, 0.05) is 6.61 Å². The van der Waals surface area contributed by atoms with Gasteiger partial charge in [-0.25, -0.2) is 0 Å². The lowest BCUT2D eigenvalue weighted by molar-refractivity contribution is 0.288. The highest BCUT2D eigenvalue weighted by molar-refractivity contribution is 5.28. The van der Waals surface area contributed by atoms with Crippen LogP contribution in [0.2, 0.25) is 0 Å². The van der Waals surface area contributed by atoms with Gasteiger partial charge in [0.15, 0.2) is 0 Å². The lowest BCUT2D eigenvalue weighted by Crippen LogP contribution is -1.98. The molecule has 0 aliphatic rings. The summed E-state index contributed by atoms with van der Waals surface area (Å²) in [6.07, 6.45) is 1.69. The predicted octanol–water partition coefficient (Wildman–Crippen LogP) is 2.57. The molecule has 1 N–H and O–H groups in total. The largest absolute Gasteiger partial charge is 0.489 e. The van der Waals surface area contributed by atoms with E-state index >= 15 is 0 Å². The number of benzene rings is 1. The monoisotopic (exact) mass is 206 g/mol. The lowest BCUT2D eigenvalue weighted by Gasteiger charge is -2.07. The minimum absolute atomic E-state index is 0.233. The molecule has 0 fully saturated rings. The molecule has 2 nitrogen and oxygen atoms in total. The van der Waals surface area contributed by atoms with E-state index in [0.717, 1.165) is 24.2 Å². The fourth-order valence-electron chi connectivity index (χ4n) is 1.28. The zero-order valence-corrected chi connectivity index (χ0v) is 9.20. The molecule has 0 saturated carbocycles. The molecule has 82 valence electrons. The number of ether oxygens (including phenoxy) is 1. The molecule has 2 heteroatoms. The summed E-state index contributed by atoms with van der Waals surface area (Å²) in [5.74, 6) is 0.869. The topological polar surface area (TPSA) is 29.5 Å². The predicted molar refractivity (Wildman–Crippen MR) is 62.2 cm³/mol. The quantitative estimate of drug-likeness (QED) is 0.725. The van der Waals surface area contributed by atoms with Gasteiger partial charge >= 0.3 is 0 Å². The average Bonchev–Trinajstić information content (AvgIpc) is 2.24. The van der Waals surface area contributed by atoms with Crippen LogP contribution in [0.4, 0.5) is 0 Å². The van der Waals surface area contributed by atoms with Crippen molar-refractivity contribution in [3.05, 3.63) is 42.0 Å². The van der Waals surface area contributed by atoms with E-state index in [9.17, 15) is 0 Å². The Balaban J connectivity index is 2.53. The van der Waals surface area contributed by atoms with Crippen LogP contribution >= 0.6 is 0 Å². The van der Waals surface area contributed by atoms with Crippen LogP contribution in [-0.2, 0) is 6.42 Å². The van der Waals surface area contributed by atoms with Gasteiger partial charge in [-0.15, -0.1) is 0 Å². The Hall–Kier alpha value is -1.28. The smallest absolute Gasteiger partial charge is 0.120 e. The second kappa shape index (κ2) is 6.25. The molecular weight excluding hydrogens is 188 g/mol. The van der Waals surface area contributed by atoms with Gasteiger partial charge in [0.1, 0.15) is 12.4 Å². The Morgan fingerprint density at radius 1 is 1.47 bits per heavy atom. The van der Waals surface area contributed by atoms with Crippen LogP contribution in [0.25, 0.3) is 0 Å². The third kappa shape index (κ3) is 4.66. The Kier molecular flexibility index (Phi) is 4.91. The molecule has 0 saturated heterocycles. The number of rotatable bonds is 6. The van der Waals surface area contributed by atoms with Crippen LogP contribution in [0.15, 0.2) is 36.4 Å². The van der Waals surface area contributed by atoms with Crippen molar-refractivity contribution in [2.24, 2.45) is 0 Å². The summed E-state index contributed by atoms with van der Waals surface area (Å²) >= 11 is 0. The van der Waals surface area contributed by atoms with E-state index in [1.807, 2.05) is 31.2 Å². The van der Waals surface area contributed by atoms with Gasteiger partial charge in [-0.2, -0.15) is 0 Å². The van der Waals surface area contributed by atoms with Crippen molar-refractivity contribution in [3.63, 3.8) is 0 Å². The zero-order chi connectivity index (χ0) is 11.1. The van der Waals surface area contributed by atoms with Crippen molar-refractivity contribution >= 4 is 0 Å². The van der Waals surface area contributed by atoms with Crippen molar-refractivity contribution < 1.29 is 9.84 Å². The molecule has 0 spiro atoms. The first-order chi connectivity index (χ1) is 7.22. The maximum absolute atomic E-state index is 8.73. The van der Waals surface area contributed by atoms with Crippen molar-refractivity contribution in [2.75, 3.05) is 13.2 Å². The summed E-state index contributed by atoms with van der Waals surface area (Å²) in [6, 6.07) is 7.97. The van der Waals surface area contributed by atoms with E-state index < -0.39 is 0 Å². The summed E-state index contributed by atoms with van der Waals surface area (Å²) in [4.78, 5) is 0. The third-order valence-corrected chi connectivity index (χ3v) is 2.01. The summed E-state index contributed by atoms with van der Waals surface area (Å²) < 4.78 is 5.53. The Morgan fingerprint density at radius 2 is 2.27 bits per heavy atom. The standard InChI is InChI=1S/C13H18O2/c1-11(2)10-15-13-7-3-5-12(9-13)6-4-8-14/h3,5,7,9,14H,1,4,6,8,10H2,2H3.